The molecule has 3 aromatic rings. The van der Waals surface area contributed by atoms with E-state index >= 15 is 0 Å². The van der Waals surface area contributed by atoms with Crippen molar-refractivity contribution in [2.75, 3.05) is 5.73 Å². The Bertz CT molecular complexity index is 752. The van der Waals surface area contributed by atoms with Crippen LogP contribution < -0.4 is 5.73 Å². The van der Waals surface area contributed by atoms with Crippen molar-refractivity contribution in [3.63, 3.8) is 0 Å². The summed E-state index contributed by atoms with van der Waals surface area (Å²) in [6.07, 6.45) is 0. The molecule has 0 aliphatic carbocycles. The minimum absolute atomic E-state index is 0.294. The Morgan fingerprint density at radius 2 is 1.86 bits per heavy atom. The van der Waals surface area contributed by atoms with Gasteiger partial charge in [0.25, 0.3) is 0 Å². The summed E-state index contributed by atoms with van der Waals surface area (Å²) in [6, 6.07) is 8.28. The van der Waals surface area contributed by atoms with E-state index in [0.29, 0.717) is 27.8 Å². The Morgan fingerprint density at radius 3 is 2.57 bits per heavy atom. The fourth-order valence-electron chi connectivity index (χ4n) is 1.84. The van der Waals surface area contributed by atoms with Gasteiger partial charge in [-0.25, -0.2) is 8.78 Å². The molecule has 0 saturated carbocycles. The summed E-state index contributed by atoms with van der Waals surface area (Å²) in [5.41, 5.74) is 7.01. The molecular weight excluding hydrogens is 300 g/mol. The predicted molar refractivity (Wildman–Crippen MR) is 73.9 cm³/mol. The summed E-state index contributed by atoms with van der Waals surface area (Å²) < 4.78 is 27.6. The molecule has 1 aromatic heterocycles. The number of nitrogens with zero attached hydrogens (tertiary/aromatic N) is 4. The van der Waals surface area contributed by atoms with Gasteiger partial charge >= 0.3 is 0 Å². The highest BCUT2D eigenvalue weighted by Gasteiger charge is 2.13. The minimum atomic E-state index is -0.982. The number of nitrogen functional groups attached to an aromatic ring is 1. The van der Waals surface area contributed by atoms with E-state index in [4.69, 9.17) is 17.3 Å². The smallest absolute Gasteiger partial charge is 0.187 e. The second kappa shape index (κ2) is 5.10. The first-order valence-corrected chi connectivity index (χ1v) is 6.23. The minimum Gasteiger partial charge on any atom is -0.398 e. The molecule has 5 nitrogen and oxygen atoms in total. The number of halogens is 3. The topological polar surface area (TPSA) is 69.6 Å². The number of nitrogens with two attached hydrogens (primary N) is 1. The number of tetrazole rings is 1. The lowest BCUT2D eigenvalue weighted by atomic mass is 10.2. The second-order valence-electron chi connectivity index (χ2n) is 4.25. The normalized spacial score (nSPS) is 10.8. The molecule has 0 saturated heterocycles. The molecule has 0 spiro atoms. The first kappa shape index (κ1) is 13.4. The molecule has 0 fully saturated rings. The highest BCUT2D eigenvalue weighted by Crippen LogP contribution is 2.26. The third kappa shape index (κ3) is 2.43. The van der Waals surface area contributed by atoms with Gasteiger partial charge in [0.05, 0.1) is 16.4 Å². The van der Waals surface area contributed by atoms with Crippen molar-refractivity contribution in [3.05, 3.63) is 53.1 Å². The van der Waals surface area contributed by atoms with Gasteiger partial charge in [-0.2, -0.15) is 4.68 Å². The van der Waals surface area contributed by atoms with Crippen LogP contribution in [0.1, 0.15) is 0 Å². The molecule has 21 heavy (non-hydrogen) atoms. The lowest BCUT2D eigenvalue weighted by molar-refractivity contribution is 0.507. The largest absolute Gasteiger partial charge is 0.398 e. The predicted octanol–water partition coefficient (Wildman–Crippen LogP) is 2.84. The maximum atomic E-state index is 13.3. The Kier molecular flexibility index (Phi) is 3.26. The van der Waals surface area contributed by atoms with Crippen molar-refractivity contribution in [2.24, 2.45) is 0 Å². The first-order valence-electron chi connectivity index (χ1n) is 5.85. The molecule has 0 amide bonds. The average molecular weight is 308 g/mol. The quantitative estimate of drug-likeness (QED) is 0.739. The molecule has 0 unspecified atom stereocenters. The molecule has 2 N–H and O–H groups in total. The van der Waals surface area contributed by atoms with Crippen LogP contribution in [0.5, 0.6) is 0 Å². The summed E-state index contributed by atoms with van der Waals surface area (Å²) >= 11 is 5.86. The molecular formula is C13H8ClF2N5. The zero-order valence-electron chi connectivity index (χ0n) is 10.5. The summed E-state index contributed by atoms with van der Waals surface area (Å²) in [7, 11) is 0. The first-order chi connectivity index (χ1) is 10.1. The second-order valence-corrected chi connectivity index (χ2v) is 4.66. The van der Waals surface area contributed by atoms with Gasteiger partial charge in [-0.1, -0.05) is 11.6 Å². The van der Waals surface area contributed by atoms with Crippen molar-refractivity contribution in [1.82, 2.24) is 20.2 Å². The van der Waals surface area contributed by atoms with Crippen LogP contribution in [0.25, 0.3) is 17.1 Å². The van der Waals surface area contributed by atoms with Crippen LogP contribution in [0.4, 0.5) is 14.5 Å². The SMILES string of the molecule is Nc1cc(-c2nnnn2-c2ccc(F)c(F)c2)ccc1Cl. The average Bonchev–Trinajstić information content (AvgIpc) is 2.94. The van der Waals surface area contributed by atoms with Crippen LogP contribution in [-0.2, 0) is 0 Å². The Labute approximate surface area is 123 Å². The van der Waals surface area contributed by atoms with Crippen LogP contribution in [0.3, 0.4) is 0 Å². The third-order valence-corrected chi connectivity index (χ3v) is 3.22. The van der Waals surface area contributed by atoms with E-state index in [2.05, 4.69) is 15.5 Å². The molecule has 0 radical (unpaired) electrons. The Balaban J connectivity index is 2.12. The van der Waals surface area contributed by atoms with E-state index in [1.165, 1.54) is 10.7 Å². The van der Waals surface area contributed by atoms with E-state index in [1.54, 1.807) is 18.2 Å². The van der Waals surface area contributed by atoms with Gasteiger partial charge in [0.15, 0.2) is 17.5 Å². The monoisotopic (exact) mass is 307 g/mol. The molecule has 0 bridgehead atoms. The molecule has 0 aliphatic heterocycles. The lowest BCUT2D eigenvalue weighted by Gasteiger charge is -2.06. The molecule has 0 atom stereocenters. The van der Waals surface area contributed by atoms with Gasteiger partial charge in [0, 0.05) is 11.6 Å². The van der Waals surface area contributed by atoms with Crippen molar-refractivity contribution in [2.45, 2.75) is 0 Å². The summed E-state index contributed by atoms with van der Waals surface area (Å²) in [5, 5.41) is 11.6. The zero-order chi connectivity index (χ0) is 15.0. The van der Waals surface area contributed by atoms with E-state index in [9.17, 15) is 8.78 Å². The number of anilines is 1. The van der Waals surface area contributed by atoms with E-state index in [1.807, 2.05) is 0 Å². The van der Waals surface area contributed by atoms with Gasteiger partial charge in [-0.15, -0.1) is 5.10 Å². The highest BCUT2D eigenvalue weighted by atomic mass is 35.5. The maximum absolute atomic E-state index is 13.3. The van der Waals surface area contributed by atoms with Crippen molar-refractivity contribution >= 4 is 17.3 Å². The van der Waals surface area contributed by atoms with Gasteiger partial charge < -0.3 is 5.73 Å². The number of benzene rings is 2. The maximum Gasteiger partial charge on any atom is 0.187 e. The number of hydrogen-bond acceptors (Lipinski definition) is 4. The van der Waals surface area contributed by atoms with Crippen molar-refractivity contribution < 1.29 is 8.78 Å². The standard InChI is InChI=1S/C13H8ClF2N5/c14-9-3-1-7(5-12(9)17)13-18-19-20-21(13)8-2-4-10(15)11(16)6-8/h1-6H,17H2. The van der Waals surface area contributed by atoms with E-state index in [-0.39, 0.29) is 0 Å². The van der Waals surface area contributed by atoms with Crippen molar-refractivity contribution in [1.29, 1.82) is 0 Å². The van der Waals surface area contributed by atoms with Crippen LogP contribution in [0, 0.1) is 11.6 Å². The summed E-state index contributed by atoms with van der Waals surface area (Å²) in [4.78, 5) is 0. The zero-order valence-corrected chi connectivity index (χ0v) is 11.2. The molecule has 0 aliphatic rings. The van der Waals surface area contributed by atoms with Crippen LogP contribution in [-0.4, -0.2) is 20.2 Å². The van der Waals surface area contributed by atoms with Gasteiger partial charge in [-0.3, -0.25) is 0 Å². The fraction of sp³-hybridized carbons (Fsp3) is 0. The van der Waals surface area contributed by atoms with E-state index in [0.717, 1.165) is 12.1 Å². The van der Waals surface area contributed by atoms with Gasteiger partial charge in [-0.05, 0) is 40.8 Å². The van der Waals surface area contributed by atoms with Crippen LogP contribution >= 0.6 is 11.6 Å². The Morgan fingerprint density at radius 1 is 1.05 bits per heavy atom. The highest BCUT2D eigenvalue weighted by molar-refractivity contribution is 6.33. The summed E-state index contributed by atoms with van der Waals surface area (Å²) in [5.74, 6) is -1.59. The lowest BCUT2D eigenvalue weighted by Crippen LogP contribution is -2.01. The molecule has 1 heterocycles. The summed E-state index contributed by atoms with van der Waals surface area (Å²) in [6.45, 7) is 0. The van der Waals surface area contributed by atoms with Crippen LogP contribution in [0.2, 0.25) is 5.02 Å². The Hall–Kier alpha value is -2.54. The number of hydrogen-bond donors (Lipinski definition) is 1. The number of rotatable bonds is 2. The van der Waals surface area contributed by atoms with Crippen LogP contribution in [0.15, 0.2) is 36.4 Å². The molecule has 3 rings (SSSR count). The molecule has 2 aromatic carbocycles. The van der Waals surface area contributed by atoms with Gasteiger partial charge in [0.2, 0.25) is 0 Å². The fourth-order valence-corrected chi connectivity index (χ4v) is 1.96. The third-order valence-electron chi connectivity index (χ3n) is 2.87. The molecule has 106 valence electrons. The molecule has 8 heteroatoms. The van der Waals surface area contributed by atoms with Gasteiger partial charge in [0.1, 0.15) is 0 Å². The van der Waals surface area contributed by atoms with Crippen molar-refractivity contribution in [3.8, 4) is 17.1 Å². The van der Waals surface area contributed by atoms with E-state index < -0.39 is 11.6 Å². The number of aromatic nitrogens is 4.